The number of carbonyl (C=O) groups excluding carboxylic acids is 3. The van der Waals surface area contributed by atoms with E-state index in [9.17, 15) is 19.5 Å². The van der Waals surface area contributed by atoms with Crippen LogP contribution in [0.15, 0.2) is 6.33 Å². The molecule has 0 fully saturated rings. The first kappa shape index (κ1) is 23.9. The van der Waals surface area contributed by atoms with Crippen LogP contribution in [0.3, 0.4) is 0 Å². The van der Waals surface area contributed by atoms with E-state index < -0.39 is 30.0 Å². The summed E-state index contributed by atoms with van der Waals surface area (Å²) in [4.78, 5) is 40.8. The number of fused-ring (bicyclic) bond motifs is 1. The molecule has 2 rings (SSSR count). The Labute approximate surface area is 177 Å². The van der Waals surface area contributed by atoms with E-state index in [1.807, 2.05) is 18.4 Å². The number of carbonyl (C=O) groups is 3. The molecule has 10 heteroatoms. The Kier molecular flexibility index (Phi) is 8.08. The van der Waals surface area contributed by atoms with Gasteiger partial charge in [0.05, 0.1) is 18.7 Å². The zero-order valence-electron chi connectivity index (χ0n) is 18.7. The number of amides is 2. The molecule has 2 heterocycles. The van der Waals surface area contributed by atoms with Gasteiger partial charge in [0.25, 0.3) is 0 Å². The molecule has 168 valence electrons. The fourth-order valence-electron chi connectivity index (χ4n) is 3.79. The first-order chi connectivity index (χ1) is 14.0. The summed E-state index contributed by atoms with van der Waals surface area (Å²) in [5.41, 5.74) is 0. The van der Waals surface area contributed by atoms with Gasteiger partial charge in [-0.15, -0.1) is 10.2 Å². The molecule has 0 saturated heterocycles. The molecule has 1 aromatic rings. The van der Waals surface area contributed by atoms with E-state index in [0.29, 0.717) is 19.6 Å². The van der Waals surface area contributed by atoms with E-state index in [0.717, 1.165) is 5.82 Å². The fraction of sp³-hybridized carbons (Fsp3) is 0.750. The van der Waals surface area contributed by atoms with Crippen LogP contribution in [-0.2, 0) is 27.5 Å². The van der Waals surface area contributed by atoms with E-state index in [-0.39, 0.29) is 24.0 Å². The standard InChI is InChI=1S/C20H34N6O4/c1-12(2)17(14(4)27)22-20(30)18(24(5)6)19(29)13(3)9-16(28)25-7-8-26-11-21-23-15(26)10-25/h11-13,17-19,29H,7-10H2,1-6H3,(H,22,30)/t13-,17-,18-,19-/m1/s1. The highest BCUT2D eigenvalue weighted by Gasteiger charge is 2.36. The third kappa shape index (κ3) is 5.63. The topological polar surface area (TPSA) is 121 Å². The van der Waals surface area contributed by atoms with Crippen molar-refractivity contribution in [2.45, 2.75) is 65.4 Å². The Hall–Kier alpha value is -2.33. The minimum Gasteiger partial charge on any atom is -0.391 e. The van der Waals surface area contributed by atoms with Gasteiger partial charge in [-0.05, 0) is 32.9 Å². The minimum absolute atomic E-state index is 0.0634. The van der Waals surface area contributed by atoms with Gasteiger partial charge in [0.15, 0.2) is 11.6 Å². The Bertz CT molecular complexity index is 762. The molecule has 0 bridgehead atoms. The number of hydrogen-bond acceptors (Lipinski definition) is 7. The van der Waals surface area contributed by atoms with Crippen molar-refractivity contribution >= 4 is 17.6 Å². The lowest BCUT2D eigenvalue weighted by Crippen LogP contribution is -2.56. The molecule has 0 spiro atoms. The smallest absolute Gasteiger partial charge is 0.240 e. The van der Waals surface area contributed by atoms with Crippen LogP contribution in [0.2, 0.25) is 0 Å². The largest absolute Gasteiger partial charge is 0.391 e. The molecule has 1 aliphatic heterocycles. The van der Waals surface area contributed by atoms with Crippen LogP contribution in [0, 0.1) is 11.8 Å². The monoisotopic (exact) mass is 422 g/mol. The second kappa shape index (κ2) is 10.1. The number of hydrogen-bond donors (Lipinski definition) is 2. The fourth-order valence-corrected chi connectivity index (χ4v) is 3.79. The van der Waals surface area contributed by atoms with E-state index in [2.05, 4.69) is 15.5 Å². The second-order valence-electron chi connectivity index (χ2n) is 8.68. The number of aliphatic hydroxyl groups is 1. The van der Waals surface area contributed by atoms with Crippen molar-refractivity contribution in [1.82, 2.24) is 29.9 Å². The van der Waals surface area contributed by atoms with Crippen molar-refractivity contribution in [2.24, 2.45) is 11.8 Å². The number of rotatable bonds is 9. The summed E-state index contributed by atoms with van der Waals surface area (Å²) in [6.07, 6.45) is 0.680. The minimum atomic E-state index is -1.07. The molecule has 2 N–H and O–H groups in total. The number of nitrogens with one attached hydrogen (secondary N) is 1. The summed E-state index contributed by atoms with van der Waals surface area (Å²) in [7, 11) is 3.38. The third-order valence-electron chi connectivity index (χ3n) is 5.62. The summed E-state index contributed by atoms with van der Waals surface area (Å²) in [6.45, 7) is 8.47. The Morgan fingerprint density at radius 3 is 2.47 bits per heavy atom. The zero-order chi connectivity index (χ0) is 22.6. The van der Waals surface area contributed by atoms with Crippen molar-refractivity contribution in [3.05, 3.63) is 12.2 Å². The summed E-state index contributed by atoms with van der Waals surface area (Å²) >= 11 is 0. The van der Waals surface area contributed by atoms with Gasteiger partial charge in [-0.25, -0.2) is 0 Å². The molecule has 0 saturated carbocycles. The Morgan fingerprint density at radius 2 is 1.90 bits per heavy atom. The molecule has 0 radical (unpaired) electrons. The van der Waals surface area contributed by atoms with Gasteiger partial charge < -0.3 is 19.9 Å². The number of ketones is 1. The Morgan fingerprint density at radius 1 is 1.23 bits per heavy atom. The molecule has 0 aromatic carbocycles. The van der Waals surface area contributed by atoms with Gasteiger partial charge in [0.2, 0.25) is 11.8 Å². The van der Waals surface area contributed by atoms with Crippen LogP contribution in [0.4, 0.5) is 0 Å². The molecule has 0 unspecified atom stereocenters. The predicted octanol–water partition coefficient (Wildman–Crippen LogP) is -0.333. The quantitative estimate of drug-likeness (QED) is 0.559. The van der Waals surface area contributed by atoms with Crippen LogP contribution in [0.1, 0.15) is 39.9 Å². The van der Waals surface area contributed by atoms with E-state index >= 15 is 0 Å². The van der Waals surface area contributed by atoms with Crippen molar-refractivity contribution in [3.8, 4) is 0 Å². The summed E-state index contributed by atoms with van der Waals surface area (Å²) < 4.78 is 1.91. The zero-order valence-corrected chi connectivity index (χ0v) is 18.7. The molecule has 1 aliphatic rings. The van der Waals surface area contributed by atoms with Crippen LogP contribution < -0.4 is 5.32 Å². The molecular weight excluding hydrogens is 388 g/mol. The van der Waals surface area contributed by atoms with Gasteiger partial charge in [-0.3, -0.25) is 19.3 Å². The van der Waals surface area contributed by atoms with Crippen molar-refractivity contribution < 1.29 is 19.5 Å². The maximum absolute atomic E-state index is 12.9. The lowest BCUT2D eigenvalue weighted by atomic mass is 9.92. The highest BCUT2D eigenvalue weighted by molar-refractivity contribution is 5.90. The molecule has 1 aromatic heterocycles. The van der Waals surface area contributed by atoms with Gasteiger partial charge in [-0.2, -0.15) is 0 Å². The lowest BCUT2D eigenvalue weighted by molar-refractivity contribution is -0.138. The molecule has 10 nitrogen and oxygen atoms in total. The van der Waals surface area contributed by atoms with Gasteiger partial charge in [0, 0.05) is 19.5 Å². The first-order valence-electron chi connectivity index (χ1n) is 10.3. The molecule has 30 heavy (non-hydrogen) atoms. The predicted molar refractivity (Wildman–Crippen MR) is 110 cm³/mol. The van der Waals surface area contributed by atoms with Crippen molar-refractivity contribution in [3.63, 3.8) is 0 Å². The maximum atomic E-state index is 12.9. The summed E-state index contributed by atoms with van der Waals surface area (Å²) in [5, 5.41) is 21.5. The number of nitrogens with zero attached hydrogens (tertiary/aromatic N) is 5. The average Bonchev–Trinajstić information content (AvgIpc) is 3.12. The molecular formula is C20H34N6O4. The number of likely N-dealkylation sites (N-methyl/N-ethyl adjacent to an activating group) is 1. The van der Waals surface area contributed by atoms with E-state index in [1.54, 1.807) is 37.1 Å². The van der Waals surface area contributed by atoms with Gasteiger partial charge in [-0.1, -0.05) is 20.8 Å². The Balaban J connectivity index is 2.02. The van der Waals surface area contributed by atoms with Crippen molar-refractivity contribution in [1.29, 1.82) is 0 Å². The van der Waals surface area contributed by atoms with Crippen LogP contribution >= 0.6 is 0 Å². The number of Topliss-reactive ketones (excluding diaryl/α,β-unsaturated/α-hetero) is 1. The summed E-state index contributed by atoms with van der Waals surface area (Å²) in [5.74, 6) is -0.440. The number of aliphatic hydroxyl groups excluding tert-OH is 1. The molecule has 0 aliphatic carbocycles. The van der Waals surface area contributed by atoms with Crippen molar-refractivity contribution in [2.75, 3.05) is 20.6 Å². The van der Waals surface area contributed by atoms with Gasteiger partial charge in [0.1, 0.15) is 12.4 Å². The highest BCUT2D eigenvalue weighted by atomic mass is 16.3. The highest BCUT2D eigenvalue weighted by Crippen LogP contribution is 2.19. The first-order valence-corrected chi connectivity index (χ1v) is 10.3. The number of aromatic nitrogens is 3. The normalized spacial score (nSPS) is 18.0. The van der Waals surface area contributed by atoms with Crippen LogP contribution in [0.5, 0.6) is 0 Å². The third-order valence-corrected chi connectivity index (χ3v) is 5.62. The lowest BCUT2D eigenvalue weighted by Gasteiger charge is -2.34. The summed E-state index contributed by atoms with van der Waals surface area (Å²) in [6, 6.07) is -1.49. The molecule has 2 amide bonds. The van der Waals surface area contributed by atoms with Crippen LogP contribution in [0.25, 0.3) is 0 Å². The van der Waals surface area contributed by atoms with Gasteiger partial charge >= 0.3 is 0 Å². The van der Waals surface area contributed by atoms with E-state index in [4.69, 9.17) is 0 Å². The van der Waals surface area contributed by atoms with Crippen LogP contribution in [-0.4, -0.2) is 86.1 Å². The maximum Gasteiger partial charge on any atom is 0.240 e. The second-order valence-corrected chi connectivity index (χ2v) is 8.68. The average molecular weight is 423 g/mol. The SMILES string of the molecule is CC(=O)[C@H](NC(=O)[C@@H]([C@H](O)[C@H](C)CC(=O)N1CCn2cnnc2C1)N(C)C)C(C)C. The molecule has 4 atom stereocenters. The van der Waals surface area contributed by atoms with E-state index in [1.165, 1.54) is 6.92 Å².